The normalized spacial score (nSPS) is 16.5. The highest BCUT2D eigenvalue weighted by molar-refractivity contribution is 7.91. The van der Waals surface area contributed by atoms with Gasteiger partial charge in [-0.05, 0) is 93.9 Å². The maximum Gasteiger partial charge on any atom is 0.326 e. The lowest BCUT2D eigenvalue weighted by atomic mass is 9.94. The van der Waals surface area contributed by atoms with Gasteiger partial charge in [0.05, 0.1) is 27.9 Å². The highest BCUT2D eigenvalue weighted by Gasteiger charge is 2.42. The molecule has 13 nitrogen and oxygen atoms in total. The number of aromatic nitrogens is 1. The Kier molecular flexibility index (Phi) is 11.9. The molecule has 0 aliphatic carbocycles. The molecule has 0 bridgehead atoms. The average molecular weight is 897 g/mol. The van der Waals surface area contributed by atoms with E-state index in [0.717, 1.165) is 44.1 Å². The van der Waals surface area contributed by atoms with Crippen molar-refractivity contribution >= 4 is 61.6 Å². The van der Waals surface area contributed by atoms with Gasteiger partial charge in [0, 0.05) is 13.0 Å². The number of nitrogens with zero attached hydrogens (tertiary/aromatic N) is 3. The van der Waals surface area contributed by atoms with Crippen LogP contribution in [0.5, 0.6) is 17.2 Å². The minimum Gasteiger partial charge on any atom is -0.489 e. The van der Waals surface area contributed by atoms with Gasteiger partial charge in [0.2, 0.25) is 5.91 Å². The zero-order valence-electron chi connectivity index (χ0n) is 32.0. The van der Waals surface area contributed by atoms with Crippen molar-refractivity contribution in [1.82, 2.24) is 14.6 Å². The molecule has 3 heterocycles. The van der Waals surface area contributed by atoms with Crippen LogP contribution >= 0.6 is 34.5 Å². The SMILES string of the molecule is N#Cc1ccc(-c2ccc(C[C@H](NC(=O)C3Cc4cc5c(cc4CN3S(=O)(=O)c3cnc(N)s3)O[C@@H](c3ccc(OCc4ccc(Cl)c(Cl)c4)cc3)CO5)C(=O)O)cc2)cc1. The van der Waals surface area contributed by atoms with Gasteiger partial charge in [-0.3, -0.25) is 4.79 Å². The summed E-state index contributed by atoms with van der Waals surface area (Å²) in [6.45, 7) is 0.246. The van der Waals surface area contributed by atoms with E-state index in [1.54, 1.807) is 48.5 Å². The molecule has 0 fully saturated rings. The van der Waals surface area contributed by atoms with Gasteiger partial charge in [-0.15, -0.1) is 0 Å². The summed E-state index contributed by atoms with van der Waals surface area (Å²) in [5, 5.41) is 22.9. The molecule has 61 heavy (non-hydrogen) atoms. The summed E-state index contributed by atoms with van der Waals surface area (Å²) in [6.07, 6.45) is 0.505. The van der Waals surface area contributed by atoms with Gasteiger partial charge < -0.3 is 30.4 Å². The fourth-order valence-electron chi connectivity index (χ4n) is 7.12. The molecule has 0 saturated carbocycles. The summed E-state index contributed by atoms with van der Waals surface area (Å²) in [5.41, 5.74) is 11.6. The number of benzene rings is 5. The molecule has 1 amide bonds. The highest BCUT2D eigenvalue weighted by atomic mass is 35.5. The van der Waals surface area contributed by atoms with E-state index < -0.39 is 40.1 Å². The topological polar surface area (TPSA) is 194 Å². The molecule has 0 saturated heterocycles. The summed E-state index contributed by atoms with van der Waals surface area (Å²) in [5.74, 6) is -0.616. The van der Waals surface area contributed by atoms with Crippen molar-refractivity contribution in [3.05, 3.63) is 153 Å². The lowest BCUT2D eigenvalue weighted by Crippen LogP contribution is -2.55. The third kappa shape index (κ3) is 9.14. The van der Waals surface area contributed by atoms with Crippen LogP contribution in [-0.2, 0) is 45.6 Å². The van der Waals surface area contributed by atoms with Crippen molar-refractivity contribution in [3.63, 3.8) is 0 Å². The summed E-state index contributed by atoms with van der Waals surface area (Å²) >= 11 is 12.9. The van der Waals surface area contributed by atoms with Crippen LogP contribution in [-0.4, -0.2) is 53.4 Å². The Hall–Kier alpha value is -6.15. The number of nitrogens with one attached hydrogen (secondary N) is 1. The van der Waals surface area contributed by atoms with E-state index in [2.05, 4.69) is 16.4 Å². The third-order valence-corrected chi connectivity index (χ3v) is 14.2. The molecule has 2 aliphatic rings. The molecule has 1 unspecified atom stereocenters. The average Bonchev–Trinajstić information content (AvgIpc) is 3.72. The number of nitrogens with two attached hydrogens (primary N) is 1. The van der Waals surface area contributed by atoms with Crippen molar-refractivity contribution in [1.29, 1.82) is 5.26 Å². The Morgan fingerprint density at radius 2 is 1.64 bits per heavy atom. The van der Waals surface area contributed by atoms with Gasteiger partial charge in [-0.2, -0.15) is 9.57 Å². The number of anilines is 1. The largest absolute Gasteiger partial charge is 0.489 e. The number of carboxylic acids is 1. The number of hydrogen-bond acceptors (Lipinski definition) is 11. The lowest BCUT2D eigenvalue weighted by molar-refractivity contribution is -0.142. The van der Waals surface area contributed by atoms with Gasteiger partial charge in [0.1, 0.15) is 31.0 Å². The van der Waals surface area contributed by atoms with Crippen LogP contribution in [0.15, 0.2) is 114 Å². The standard InChI is InChI=1S/C44H35Cl2N5O8S2/c45-34-14-5-27(15-35(34)46)23-57-33-12-10-30(11-13-33)40-24-58-38-18-31-17-37(51(22-32(31)19-39(38)59-40)61(55,56)41-21-49-44(48)60-41)42(52)50-36(43(53)54)16-25-1-6-28(7-2-25)29-8-3-26(20-47)4-9-29/h1-15,18-19,21,36-37,40H,16-17,22-24H2,(H2,48,49)(H,50,52)(H,53,54)/t36-,37?,40+/m0/s1. The highest BCUT2D eigenvalue weighted by Crippen LogP contribution is 2.42. The fourth-order valence-corrected chi connectivity index (χ4v) is 10.1. The summed E-state index contributed by atoms with van der Waals surface area (Å²) < 4.78 is 47.7. The number of carbonyl (C=O) groups is 2. The molecule has 17 heteroatoms. The van der Waals surface area contributed by atoms with E-state index in [4.69, 9.17) is 48.4 Å². The van der Waals surface area contributed by atoms with E-state index in [1.807, 2.05) is 54.6 Å². The Morgan fingerprint density at radius 1 is 0.951 bits per heavy atom. The number of aliphatic carboxylic acids is 1. The van der Waals surface area contributed by atoms with E-state index in [9.17, 15) is 23.1 Å². The van der Waals surface area contributed by atoms with Crippen molar-refractivity contribution in [2.75, 3.05) is 12.3 Å². The molecule has 0 radical (unpaired) electrons. The van der Waals surface area contributed by atoms with Crippen molar-refractivity contribution in [2.45, 2.75) is 48.4 Å². The molecular formula is C44H35Cl2N5O8S2. The minimum absolute atomic E-state index is 0.0323. The van der Waals surface area contributed by atoms with Crippen LogP contribution in [0.1, 0.15) is 39.5 Å². The first-order valence-electron chi connectivity index (χ1n) is 18.8. The smallest absolute Gasteiger partial charge is 0.326 e. The summed E-state index contributed by atoms with van der Waals surface area (Å²) in [4.78, 5) is 30.6. The summed E-state index contributed by atoms with van der Waals surface area (Å²) in [6, 6.07) is 29.8. The summed E-state index contributed by atoms with van der Waals surface area (Å²) in [7, 11) is -4.35. The van der Waals surface area contributed by atoms with Gasteiger partial charge in [-0.25, -0.2) is 18.2 Å². The second-order valence-electron chi connectivity index (χ2n) is 14.4. The maximum atomic E-state index is 14.2. The zero-order chi connectivity index (χ0) is 42.8. The fraction of sp³-hybridized carbons (Fsp3) is 0.182. The Labute approximate surface area is 364 Å². The van der Waals surface area contributed by atoms with Crippen LogP contribution in [0.3, 0.4) is 0 Å². The number of rotatable bonds is 12. The minimum atomic E-state index is -4.35. The van der Waals surface area contributed by atoms with Crippen molar-refractivity contribution in [3.8, 4) is 34.4 Å². The Balaban J connectivity index is 0.993. The quantitative estimate of drug-likeness (QED) is 0.110. The Bertz CT molecular complexity index is 2780. The maximum absolute atomic E-state index is 14.2. The zero-order valence-corrected chi connectivity index (χ0v) is 35.1. The van der Waals surface area contributed by atoms with Crippen LogP contribution in [0.25, 0.3) is 11.1 Å². The number of carboxylic acid groups (broad SMARTS) is 1. The molecule has 310 valence electrons. The molecule has 2 aliphatic heterocycles. The van der Waals surface area contributed by atoms with Crippen LogP contribution < -0.4 is 25.3 Å². The number of halogens is 2. The predicted molar refractivity (Wildman–Crippen MR) is 229 cm³/mol. The van der Waals surface area contributed by atoms with E-state index in [1.165, 1.54) is 0 Å². The number of nitriles is 1. The number of ether oxygens (including phenoxy) is 3. The molecule has 3 atom stereocenters. The first-order valence-corrected chi connectivity index (χ1v) is 21.8. The number of carbonyl (C=O) groups excluding carboxylic acids is 1. The first kappa shape index (κ1) is 41.6. The molecule has 6 aromatic rings. The van der Waals surface area contributed by atoms with E-state index in [0.29, 0.717) is 56.2 Å². The van der Waals surface area contributed by atoms with Gasteiger partial charge >= 0.3 is 5.97 Å². The molecule has 4 N–H and O–H groups in total. The first-order chi connectivity index (χ1) is 29.3. The molecule has 5 aromatic carbocycles. The number of hydrogen-bond donors (Lipinski definition) is 3. The molecular weight excluding hydrogens is 862 g/mol. The number of amides is 1. The second kappa shape index (κ2) is 17.4. The Morgan fingerprint density at radius 3 is 2.30 bits per heavy atom. The molecule has 1 aromatic heterocycles. The van der Waals surface area contributed by atoms with Crippen molar-refractivity contribution < 1.29 is 37.3 Å². The van der Waals surface area contributed by atoms with E-state index in [-0.39, 0.29) is 35.3 Å². The number of sulfonamides is 1. The van der Waals surface area contributed by atoms with Gasteiger partial charge in [0.15, 0.2) is 26.9 Å². The molecule has 0 spiro atoms. The van der Waals surface area contributed by atoms with E-state index >= 15 is 0 Å². The van der Waals surface area contributed by atoms with Gasteiger partial charge in [-0.1, -0.05) is 89.1 Å². The van der Waals surface area contributed by atoms with Crippen LogP contribution in [0.2, 0.25) is 10.0 Å². The van der Waals surface area contributed by atoms with Crippen LogP contribution in [0, 0.1) is 11.3 Å². The lowest BCUT2D eigenvalue weighted by Gasteiger charge is -2.36. The molecule has 8 rings (SSSR count). The predicted octanol–water partition coefficient (Wildman–Crippen LogP) is 7.59. The van der Waals surface area contributed by atoms with Gasteiger partial charge in [0.25, 0.3) is 10.0 Å². The number of nitrogen functional groups attached to an aromatic ring is 1. The van der Waals surface area contributed by atoms with Crippen LogP contribution in [0.4, 0.5) is 5.13 Å². The number of thiazole rings is 1. The monoisotopic (exact) mass is 895 g/mol. The third-order valence-electron chi connectivity index (χ3n) is 10.4. The second-order valence-corrected chi connectivity index (χ2v) is 18.4. The van der Waals surface area contributed by atoms with Crippen molar-refractivity contribution in [2.24, 2.45) is 0 Å². The number of fused-ring (bicyclic) bond motifs is 2.